The molecular weight excluding hydrogens is 300 g/mol. The van der Waals surface area contributed by atoms with Crippen LogP contribution >= 0.6 is 0 Å². The standard InChI is InChI=1S/C19H18N4O/c1-12-22-17(16-11-21-18-15(23(12)16)7-10-20-18)13-3-5-14(6-4-13)19(24-2)8-9-19/h3-7,10-11,20H,8-9H2,1-2H3. The van der Waals surface area contributed by atoms with E-state index in [0.717, 1.165) is 46.6 Å². The second kappa shape index (κ2) is 4.68. The van der Waals surface area contributed by atoms with Crippen molar-refractivity contribution >= 4 is 16.7 Å². The first-order valence-electron chi connectivity index (χ1n) is 8.19. The predicted molar refractivity (Wildman–Crippen MR) is 92.9 cm³/mol. The topological polar surface area (TPSA) is 55.2 Å². The fraction of sp³-hybridized carbons (Fsp3) is 0.263. The SMILES string of the molecule is COC1(c2ccc(-c3nc(C)n4c3cnc3[nH]ccc34)cc2)CC1. The average molecular weight is 318 g/mol. The number of ether oxygens (including phenoxy) is 1. The molecule has 1 N–H and O–H groups in total. The summed E-state index contributed by atoms with van der Waals surface area (Å²) in [6.45, 7) is 2.03. The summed E-state index contributed by atoms with van der Waals surface area (Å²) in [6, 6.07) is 10.6. The lowest BCUT2D eigenvalue weighted by molar-refractivity contribution is 0.0789. The Balaban J connectivity index is 1.66. The molecule has 0 amide bonds. The third-order valence-corrected chi connectivity index (χ3v) is 5.12. The average Bonchev–Trinajstić information content (AvgIpc) is 3.14. The zero-order chi connectivity index (χ0) is 16.3. The molecule has 24 heavy (non-hydrogen) atoms. The maximum atomic E-state index is 5.66. The van der Waals surface area contributed by atoms with Crippen LogP contribution in [0.2, 0.25) is 0 Å². The van der Waals surface area contributed by atoms with Crippen molar-refractivity contribution in [2.45, 2.75) is 25.4 Å². The van der Waals surface area contributed by atoms with Crippen LogP contribution < -0.4 is 0 Å². The highest BCUT2D eigenvalue weighted by molar-refractivity contribution is 5.84. The normalized spacial score (nSPS) is 16.1. The van der Waals surface area contributed by atoms with Gasteiger partial charge in [-0.15, -0.1) is 0 Å². The summed E-state index contributed by atoms with van der Waals surface area (Å²) in [4.78, 5) is 12.5. The number of nitrogens with one attached hydrogen (secondary N) is 1. The number of hydrogen-bond donors (Lipinski definition) is 1. The first-order valence-corrected chi connectivity index (χ1v) is 8.19. The monoisotopic (exact) mass is 318 g/mol. The van der Waals surface area contributed by atoms with Crippen LogP contribution in [-0.2, 0) is 10.3 Å². The van der Waals surface area contributed by atoms with Gasteiger partial charge in [0.25, 0.3) is 0 Å². The second-order valence-corrected chi connectivity index (χ2v) is 6.47. The lowest BCUT2D eigenvalue weighted by Gasteiger charge is -2.13. The Morgan fingerprint density at radius 2 is 1.92 bits per heavy atom. The van der Waals surface area contributed by atoms with Gasteiger partial charge < -0.3 is 9.72 Å². The number of fused-ring (bicyclic) bond motifs is 3. The summed E-state index contributed by atoms with van der Waals surface area (Å²) in [5.74, 6) is 0.964. The van der Waals surface area contributed by atoms with Crippen LogP contribution in [0.1, 0.15) is 24.2 Å². The van der Waals surface area contributed by atoms with E-state index in [1.54, 1.807) is 7.11 Å². The van der Waals surface area contributed by atoms with Gasteiger partial charge in [0.15, 0.2) is 5.65 Å². The van der Waals surface area contributed by atoms with Crippen molar-refractivity contribution in [3.8, 4) is 11.3 Å². The first kappa shape index (κ1) is 13.7. The Labute approximate surface area is 139 Å². The molecule has 3 heterocycles. The summed E-state index contributed by atoms with van der Waals surface area (Å²) >= 11 is 0. The molecule has 5 nitrogen and oxygen atoms in total. The highest BCUT2D eigenvalue weighted by atomic mass is 16.5. The van der Waals surface area contributed by atoms with Crippen molar-refractivity contribution in [2.24, 2.45) is 0 Å². The minimum Gasteiger partial charge on any atom is -0.374 e. The summed E-state index contributed by atoms with van der Waals surface area (Å²) < 4.78 is 7.81. The zero-order valence-electron chi connectivity index (χ0n) is 13.7. The maximum absolute atomic E-state index is 5.66. The summed E-state index contributed by atoms with van der Waals surface area (Å²) in [5, 5.41) is 0. The lowest BCUT2D eigenvalue weighted by atomic mass is 10.0. The first-order chi connectivity index (χ1) is 11.7. The van der Waals surface area contributed by atoms with E-state index in [1.165, 1.54) is 5.56 Å². The minimum absolute atomic E-state index is 0.0520. The molecule has 0 spiro atoms. The van der Waals surface area contributed by atoms with E-state index in [0.29, 0.717) is 0 Å². The molecule has 3 aromatic heterocycles. The van der Waals surface area contributed by atoms with Crippen LogP contribution in [-0.4, -0.2) is 26.5 Å². The van der Waals surface area contributed by atoms with E-state index in [4.69, 9.17) is 9.72 Å². The van der Waals surface area contributed by atoms with Gasteiger partial charge in [0.1, 0.15) is 5.82 Å². The van der Waals surface area contributed by atoms with E-state index >= 15 is 0 Å². The van der Waals surface area contributed by atoms with Crippen LogP contribution in [0.25, 0.3) is 27.9 Å². The van der Waals surface area contributed by atoms with Crippen LogP contribution in [0.15, 0.2) is 42.7 Å². The van der Waals surface area contributed by atoms with E-state index in [9.17, 15) is 0 Å². The Morgan fingerprint density at radius 1 is 1.12 bits per heavy atom. The number of imidazole rings is 1. The van der Waals surface area contributed by atoms with Gasteiger partial charge in [0, 0.05) is 18.9 Å². The van der Waals surface area contributed by atoms with Gasteiger partial charge in [-0.3, -0.25) is 4.40 Å². The molecule has 4 aromatic rings. The van der Waals surface area contributed by atoms with Gasteiger partial charge >= 0.3 is 0 Å². The van der Waals surface area contributed by atoms with Crippen LogP contribution in [0.3, 0.4) is 0 Å². The van der Waals surface area contributed by atoms with Crippen molar-refractivity contribution in [3.05, 3.63) is 54.1 Å². The fourth-order valence-corrected chi connectivity index (χ4v) is 3.60. The minimum atomic E-state index is -0.0520. The highest BCUT2D eigenvalue weighted by Crippen LogP contribution is 2.48. The van der Waals surface area contributed by atoms with Gasteiger partial charge in [0.2, 0.25) is 0 Å². The maximum Gasteiger partial charge on any atom is 0.154 e. The van der Waals surface area contributed by atoms with E-state index in [2.05, 4.69) is 38.6 Å². The third kappa shape index (κ3) is 1.79. The number of hydrogen-bond acceptors (Lipinski definition) is 3. The van der Waals surface area contributed by atoms with Crippen LogP contribution in [0, 0.1) is 6.92 Å². The molecule has 1 saturated carbocycles. The van der Waals surface area contributed by atoms with Crippen molar-refractivity contribution in [1.82, 2.24) is 19.4 Å². The Hall–Kier alpha value is -2.66. The summed E-state index contributed by atoms with van der Waals surface area (Å²) in [6.07, 6.45) is 6.00. The molecule has 1 aliphatic carbocycles. The number of aryl methyl sites for hydroxylation is 1. The van der Waals surface area contributed by atoms with E-state index < -0.39 is 0 Å². The van der Waals surface area contributed by atoms with E-state index in [1.807, 2.05) is 25.4 Å². The highest BCUT2D eigenvalue weighted by Gasteiger charge is 2.44. The smallest absolute Gasteiger partial charge is 0.154 e. The quantitative estimate of drug-likeness (QED) is 0.625. The Morgan fingerprint density at radius 3 is 2.62 bits per heavy atom. The number of rotatable bonds is 3. The van der Waals surface area contributed by atoms with Crippen molar-refractivity contribution < 1.29 is 4.74 Å². The molecule has 1 fully saturated rings. The molecule has 0 radical (unpaired) electrons. The molecule has 0 unspecified atom stereocenters. The largest absolute Gasteiger partial charge is 0.374 e. The molecule has 0 aliphatic heterocycles. The number of methoxy groups -OCH3 is 1. The van der Waals surface area contributed by atoms with Crippen molar-refractivity contribution in [1.29, 1.82) is 0 Å². The molecule has 5 heteroatoms. The second-order valence-electron chi connectivity index (χ2n) is 6.47. The van der Waals surface area contributed by atoms with E-state index in [-0.39, 0.29) is 5.60 Å². The Bertz CT molecular complexity index is 1050. The summed E-state index contributed by atoms with van der Waals surface area (Å²) in [5.41, 5.74) is 6.23. The van der Waals surface area contributed by atoms with Gasteiger partial charge in [-0.2, -0.15) is 0 Å². The van der Waals surface area contributed by atoms with Gasteiger partial charge in [-0.1, -0.05) is 24.3 Å². The van der Waals surface area contributed by atoms with Crippen molar-refractivity contribution in [3.63, 3.8) is 0 Å². The summed E-state index contributed by atoms with van der Waals surface area (Å²) in [7, 11) is 1.79. The molecule has 0 atom stereocenters. The zero-order valence-corrected chi connectivity index (χ0v) is 13.7. The number of nitrogens with zero attached hydrogens (tertiary/aromatic N) is 3. The van der Waals surface area contributed by atoms with Crippen molar-refractivity contribution in [2.75, 3.05) is 7.11 Å². The number of H-pyrrole nitrogens is 1. The molecule has 1 aromatic carbocycles. The predicted octanol–water partition coefficient (Wildman–Crippen LogP) is 3.82. The molecule has 5 rings (SSSR count). The third-order valence-electron chi connectivity index (χ3n) is 5.12. The Kier molecular flexibility index (Phi) is 2.68. The number of benzene rings is 1. The molecule has 1 aliphatic rings. The van der Waals surface area contributed by atoms with Crippen LogP contribution in [0.4, 0.5) is 0 Å². The molecular formula is C19H18N4O. The molecule has 120 valence electrons. The van der Waals surface area contributed by atoms with Gasteiger partial charge in [0.05, 0.1) is 28.5 Å². The molecule has 0 saturated heterocycles. The number of aromatic amines is 1. The fourth-order valence-electron chi connectivity index (χ4n) is 3.60. The number of aromatic nitrogens is 4. The van der Waals surface area contributed by atoms with Gasteiger partial charge in [-0.25, -0.2) is 9.97 Å². The van der Waals surface area contributed by atoms with Crippen LogP contribution in [0.5, 0.6) is 0 Å². The molecule has 0 bridgehead atoms. The van der Waals surface area contributed by atoms with Gasteiger partial charge in [-0.05, 0) is 31.4 Å². The lowest BCUT2D eigenvalue weighted by Crippen LogP contribution is -2.08.